The second-order valence-corrected chi connectivity index (χ2v) is 4.99. The molecule has 1 atom stereocenters. The van der Waals surface area contributed by atoms with Crippen molar-refractivity contribution in [1.29, 1.82) is 0 Å². The molecule has 3 rings (SSSR count). The van der Waals surface area contributed by atoms with Gasteiger partial charge in [-0.2, -0.15) is 5.10 Å². The predicted octanol–water partition coefficient (Wildman–Crippen LogP) is 0.562. The highest BCUT2D eigenvalue weighted by molar-refractivity contribution is 5.18. The lowest BCUT2D eigenvalue weighted by atomic mass is 9.99. The van der Waals surface area contributed by atoms with E-state index < -0.39 is 0 Å². The van der Waals surface area contributed by atoms with Crippen molar-refractivity contribution in [3.8, 4) is 5.82 Å². The smallest absolute Gasteiger partial charge is 0.176 e. The fraction of sp³-hybridized carbons (Fsp3) is 0.583. The molecule has 0 saturated heterocycles. The maximum absolute atomic E-state index is 9.35. The zero-order chi connectivity index (χ0) is 12.5. The van der Waals surface area contributed by atoms with Crippen molar-refractivity contribution in [3.63, 3.8) is 0 Å². The third-order valence-corrected chi connectivity index (χ3v) is 3.47. The van der Waals surface area contributed by atoms with Crippen LogP contribution in [0.25, 0.3) is 5.82 Å². The molecule has 0 bridgehead atoms. The Morgan fingerprint density at radius 1 is 1.50 bits per heavy atom. The average molecular weight is 247 g/mol. The Balaban J connectivity index is 1.72. The van der Waals surface area contributed by atoms with Crippen molar-refractivity contribution < 1.29 is 5.11 Å². The minimum atomic E-state index is 0.237. The van der Waals surface area contributed by atoms with Gasteiger partial charge in [0.1, 0.15) is 0 Å². The molecule has 0 aromatic carbocycles. The third kappa shape index (κ3) is 2.28. The van der Waals surface area contributed by atoms with Gasteiger partial charge in [-0.15, -0.1) is 5.10 Å². The number of hydrogen-bond donors (Lipinski definition) is 1. The first kappa shape index (κ1) is 11.4. The van der Waals surface area contributed by atoms with Gasteiger partial charge in [-0.1, -0.05) is 5.21 Å². The number of aliphatic hydroxyl groups excluding tert-OH is 1. The molecular formula is C12H17N5O. The molecule has 0 aliphatic heterocycles. The van der Waals surface area contributed by atoms with E-state index in [9.17, 15) is 5.11 Å². The minimum absolute atomic E-state index is 0.237. The maximum Gasteiger partial charge on any atom is 0.176 e. The highest BCUT2D eigenvalue weighted by Crippen LogP contribution is 2.37. The fourth-order valence-corrected chi connectivity index (χ4v) is 2.25. The van der Waals surface area contributed by atoms with E-state index in [0.717, 1.165) is 17.9 Å². The lowest BCUT2D eigenvalue weighted by Gasteiger charge is -2.09. The number of aliphatic hydroxyl groups is 1. The molecule has 1 unspecified atom stereocenters. The fourth-order valence-electron chi connectivity index (χ4n) is 2.25. The van der Waals surface area contributed by atoms with Crippen LogP contribution in [0.5, 0.6) is 0 Å². The quantitative estimate of drug-likeness (QED) is 0.838. The van der Waals surface area contributed by atoms with Crippen molar-refractivity contribution in [2.24, 2.45) is 18.9 Å². The van der Waals surface area contributed by atoms with Crippen molar-refractivity contribution >= 4 is 0 Å². The number of aryl methyl sites for hydroxylation is 1. The van der Waals surface area contributed by atoms with Gasteiger partial charge in [0, 0.05) is 25.9 Å². The van der Waals surface area contributed by atoms with Crippen LogP contribution in [0, 0.1) is 11.8 Å². The largest absolute Gasteiger partial charge is 0.396 e. The summed E-state index contributed by atoms with van der Waals surface area (Å²) in [5.74, 6) is 1.78. The normalized spacial score (nSPS) is 17.0. The summed E-state index contributed by atoms with van der Waals surface area (Å²) in [6.45, 7) is 0.237. The van der Waals surface area contributed by atoms with Gasteiger partial charge in [-0.05, 0) is 31.1 Å². The number of rotatable bonds is 5. The predicted molar refractivity (Wildman–Crippen MR) is 65.1 cm³/mol. The molecule has 1 saturated carbocycles. The SMILES string of the molecule is Cn1ccc(-n2cc(CC(CO)C3CC3)nn2)n1. The van der Waals surface area contributed by atoms with Crippen LogP contribution in [0.2, 0.25) is 0 Å². The molecular weight excluding hydrogens is 230 g/mol. The zero-order valence-corrected chi connectivity index (χ0v) is 10.4. The molecule has 2 aromatic rings. The molecule has 0 amide bonds. The summed E-state index contributed by atoms with van der Waals surface area (Å²) >= 11 is 0. The van der Waals surface area contributed by atoms with Crippen LogP contribution in [0.1, 0.15) is 18.5 Å². The average Bonchev–Trinajstić information content (AvgIpc) is 2.94. The van der Waals surface area contributed by atoms with Gasteiger partial charge in [0.05, 0.1) is 11.9 Å². The van der Waals surface area contributed by atoms with E-state index in [1.165, 1.54) is 12.8 Å². The van der Waals surface area contributed by atoms with Gasteiger partial charge in [0.2, 0.25) is 0 Å². The first-order chi connectivity index (χ1) is 8.76. The van der Waals surface area contributed by atoms with Gasteiger partial charge in [-0.25, -0.2) is 4.68 Å². The van der Waals surface area contributed by atoms with Gasteiger partial charge < -0.3 is 5.11 Å². The molecule has 6 heteroatoms. The summed E-state index contributed by atoms with van der Waals surface area (Å²) in [4.78, 5) is 0. The number of aromatic nitrogens is 5. The second-order valence-electron chi connectivity index (χ2n) is 4.99. The van der Waals surface area contributed by atoms with Crippen molar-refractivity contribution in [3.05, 3.63) is 24.2 Å². The van der Waals surface area contributed by atoms with Crippen LogP contribution in [0.3, 0.4) is 0 Å². The standard InChI is InChI=1S/C12H17N5O/c1-16-5-4-12(14-16)17-7-11(13-15-17)6-10(8-18)9-2-3-9/h4-5,7,9-10,18H,2-3,6,8H2,1H3. The Morgan fingerprint density at radius 2 is 2.33 bits per heavy atom. The van der Waals surface area contributed by atoms with Crippen molar-refractivity contribution in [2.45, 2.75) is 19.3 Å². The van der Waals surface area contributed by atoms with Gasteiger partial charge in [0.25, 0.3) is 0 Å². The first-order valence-corrected chi connectivity index (χ1v) is 6.28. The lowest BCUT2D eigenvalue weighted by molar-refractivity contribution is 0.208. The van der Waals surface area contributed by atoms with E-state index >= 15 is 0 Å². The molecule has 2 heterocycles. The molecule has 0 spiro atoms. The van der Waals surface area contributed by atoms with Crippen LogP contribution in [-0.2, 0) is 13.5 Å². The number of hydrogen-bond acceptors (Lipinski definition) is 4. The third-order valence-electron chi connectivity index (χ3n) is 3.47. The van der Waals surface area contributed by atoms with Gasteiger partial charge in [0.15, 0.2) is 5.82 Å². The molecule has 96 valence electrons. The summed E-state index contributed by atoms with van der Waals surface area (Å²) in [6, 6.07) is 1.89. The van der Waals surface area contributed by atoms with Crippen LogP contribution in [-0.4, -0.2) is 36.5 Å². The molecule has 18 heavy (non-hydrogen) atoms. The summed E-state index contributed by atoms with van der Waals surface area (Å²) < 4.78 is 3.41. The van der Waals surface area contributed by atoms with Crippen molar-refractivity contribution in [2.75, 3.05) is 6.61 Å². The summed E-state index contributed by atoms with van der Waals surface area (Å²) in [6.07, 6.45) is 7.04. The Hall–Kier alpha value is -1.69. The van der Waals surface area contributed by atoms with Gasteiger partial charge >= 0.3 is 0 Å². The number of nitrogens with zero attached hydrogens (tertiary/aromatic N) is 5. The van der Waals surface area contributed by atoms with E-state index in [1.54, 1.807) is 9.36 Å². The highest BCUT2D eigenvalue weighted by Gasteiger charge is 2.31. The summed E-state index contributed by atoms with van der Waals surface area (Å²) in [7, 11) is 1.87. The van der Waals surface area contributed by atoms with Crippen molar-refractivity contribution in [1.82, 2.24) is 24.8 Å². The summed E-state index contributed by atoms with van der Waals surface area (Å²) in [5, 5.41) is 21.9. The molecule has 6 nitrogen and oxygen atoms in total. The summed E-state index contributed by atoms with van der Waals surface area (Å²) in [5.41, 5.74) is 0.923. The molecule has 1 fully saturated rings. The van der Waals surface area contributed by atoms with E-state index in [1.807, 2.05) is 25.5 Å². The molecule has 1 aliphatic rings. The molecule has 1 aliphatic carbocycles. The highest BCUT2D eigenvalue weighted by atomic mass is 16.3. The monoisotopic (exact) mass is 247 g/mol. The Labute approximate surface area is 105 Å². The zero-order valence-electron chi connectivity index (χ0n) is 10.4. The van der Waals surface area contributed by atoms with E-state index in [2.05, 4.69) is 15.4 Å². The first-order valence-electron chi connectivity index (χ1n) is 6.28. The van der Waals surface area contributed by atoms with Gasteiger partial charge in [-0.3, -0.25) is 4.68 Å². The maximum atomic E-state index is 9.35. The van der Waals surface area contributed by atoms with Crippen LogP contribution >= 0.6 is 0 Å². The van der Waals surface area contributed by atoms with Crippen LogP contribution in [0.15, 0.2) is 18.5 Å². The van der Waals surface area contributed by atoms with Crippen LogP contribution < -0.4 is 0 Å². The Bertz CT molecular complexity index is 528. The lowest BCUT2D eigenvalue weighted by Crippen LogP contribution is -2.12. The Morgan fingerprint density at radius 3 is 2.94 bits per heavy atom. The topological polar surface area (TPSA) is 68.8 Å². The van der Waals surface area contributed by atoms with E-state index in [-0.39, 0.29) is 6.61 Å². The van der Waals surface area contributed by atoms with E-state index in [4.69, 9.17) is 0 Å². The van der Waals surface area contributed by atoms with E-state index in [0.29, 0.717) is 11.8 Å². The molecule has 0 radical (unpaired) electrons. The molecule has 2 aromatic heterocycles. The van der Waals surface area contributed by atoms with Crippen LogP contribution in [0.4, 0.5) is 0 Å². The molecule has 1 N–H and O–H groups in total. The second kappa shape index (κ2) is 4.53. The Kier molecular flexibility index (Phi) is 2.87. The minimum Gasteiger partial charge on any atom is -0.396 e.